The Morgan fingerprint density at radius 1 is 1.20 bits per heavy atom. The maximum Gasteiger partial charge on any atom is 0.259 e. The molecular weight excluding hydrogens is 299 g/mol. The SMILES string of the molecule is COc1ccccc1C(=O)Nc1cc(Cl)c(N)c(Cl)c1. The summed E-state index contributed by atoms with van der Waals surface area (Å²) in [7, 11) is 1.50. The highest BCUT2D eigenvalue weighted by molar-refractivity contribution is 6.39. The van der Waals surface area contributed by atoms with E-state index in [1.165, 1.54) is 19.2 Å². The van der Waals surface area contributed by atoms with E-state index in [4.69, 9.17) is 33.7 Å². The van der Waals surface area contributed by atoms with Crippen LogP contribution in [-0.4, -0.2) is 13.0 Å². The van der Waals surface area contributed by atoms with Gasteiger partial charge in [-0.2, -0.15) is 0 Å². The summed E-state index contributed by atoms with van der Waals surface area (Å²) in [6, 6.07) is 9.98. The van der Waals surface area contributed by atoms with E-state index in [9.17, 15) is 4.79 Å². The third kappa shape index (κ3) is 2.98. The van der Waals surface area contributed by atoms with Gasteiger partial charge in [0.25, 0.3) is 5.91 Å². The number of benzene rings is 2. The number of ether oxygens (including phenoxy) is 1. The third-order valence-corrected chi connectivity index (χ3v) is 3.31. The largest absolute Gasteiger partial charge is 0.496 e. The molecule has 2 aromatic carbocycles. The van der Waals surface area contributed by atoms with Gasteiger partial charge in [0, 0.05) is 5.69 Å². The van der Waals surface area contributed by atoms with Gasteiger partial charge in [-0.25, -0.2) is 0 Å². The number of nitrogens with two attached hydrogens (primary N) is 1. The number of carbonyl (C=O) groups excluding carboxylic acids is 1. The molecule has 0 atom stereocenters. The Hall–Kier alpha value is -1.91. The summed E-state index contributed by atoms with van der Waals surface area (Å²) >= 11 is 11.8. The van der Waals surface area contributed by atoms with Gasteiger partial charge < -0.3 is 15.8 Å². The molecule has 6 heteroatoms. The highest BCUT2D eigenvalue weighted by Gasteiger charge is 2.13. The van der Waals surface area contributed by atoms with E-state index in [0.717, 1.165) is 0 Å². The van der Waals surface area contributed by atoms with Crippen LogP contribution in [0.1, 0.15) is 10.4 Å². The first-order valence-corrected chi connectivity index (χ1v) is 6.47. The highest BCUT2D eigenvalue weighted by Crippen LogP contribution is 2.31. The van der Waals surface area contributed by atoms with Gasteiger partial charge in [-0.15, -0.1) is 0 Å². The number of nitrogens with one attached hydrogen (secondary N) is 1. The fourth-order valence-electron chi connectivity index (χ4n) is 1.69. The summed E-state index contributed by atoms with van der Waals surface area (Å²) in [5.74, 6) is 0.164. The van der Waals surface area contributed by atoms with Crippen molar-refractivity contribution in [3.63, 3.8) is 0 Å². The van der Waals surface area contributed by atoms with Gasteiger partial charge in [-0.1, -0.05) is 35.3 Å². The first-order valence-electron chi connectivity index (χ1n) is 5.72. The minimum absolute atomic E-state index is 0.281. The number of nitrogen functional groups attached to an aromatic ring is 1. The van der Waals surface area contributed by atoms with Crippen LogP contribution < -0.4 is 15.8 Å². The Morgan fingerprint density at radius 3 is 2.40 bits per heavy atom. The molecule has 3 N–H and O–H groups in total. The standard InChI is InChI=1S/C14H12Cl2N2O2/c1-20-12-5-3-2-4-9(12)14(19)18-8-6-10(15)13(17)11(16)7-8/h2-7H,17H2,1H3,(H,18,19). The molecule has 104 valence electrons. The lowest BCUT2D eigenvalue weighted by Crippen LogP contribution is -2.13. The van der Waals surface area contributed by atoms with Crippen molar-refractivity contribution in [2.75, 3.05) is 18.2 Å². The van der Waals surface area contributed by atoms with Gasteiger partial charge >= 0.3 is 0 Å². The number of amides is 1. The van der Waals surface area contributed by atoms with Gasteiger partial charge in [0.1, 0.15) is 5.75 Å². The van der Waals surface area contributed by atoms with Crippen LogP contribution in [0.2, 0.25) is 10.0 Å². The van der Waals surface area contributed by atoms with Gasteiger partial charge in [0.05, 0.1) is 28.4 Å². The Balaban J connectivity index is 2.28. The van der Waals surface area contributed by atoms with Crippen molar-refractivity contribution in [1.82, 2.24) is 0 Å². The van der Waals surface area contributed by atoms with Crippen LogP contribution in [0.25, 0.3) is 0 Å². The zero-order valence-electron chi connectivity index (χ0n) is 10.6. The molecule has 20 heavy (non-hydrogen) atoms. The van der Waals surface area contributed by atoms with E-state index in [2.05, 4.69) is 5.32 Å². The van der Waals surface area contributed by atoms with E-state index in [-0.39, 0.29) is 21.6 Å². The van der Waals surface area contributed by atoms with Gasteiger partial charge in [0.2, 0.25) is 0 Å². The zero-order valence-corrected chi connectivity index (χ0v) is 12.1. The second-order valence-electron chi connectivity index (χ2n) is 4.01. The summed E-state index contributed by atoms with van der Waals surface area (Å²) in [5.41, 5.74) is 6.80. The van der Waals surface area contributed by atoms with Crippen LogP contribution >= 0.6 is 23.2 Å². The normalized spacial score (nSPS) is 10.2. The van der Waals surface area contributed by atoms with E-state index in [0.29, 0.717) is 17.0 Å². The molecule has 0 saturated carbocycles. The van der Waals surface area contributed by atoms with Gasteiger partial charge in [-0.05, 0) is 24.3 Å². The Bertz CT molecular complexity index is 636. The molecule has 0 bridgehead atoms. The Kier molecular flexibility index (Phi) is 4.37. The molecule has 2 aromatic rings. The second-order valence-corrected chi connectivity index (χ2v) is 4.82. The lowest BCUT2D eigenvalue weighted by molar-refractivity contribution is 0.102. The minimum atomic E-state index is -0.320. The topological polar surface area (TPSA) is 64.3 Å². The number of hydrogen-bond donors (Lipinski definition) is 2. The van der Waals surface area contributed by atoms with Crippen LogP contribution in [-0.2, 0) is 0 Å². The van der Waals surface area contributed by atoms with Crippen LogP contribution in [0.15, 0.2) is 36.4 Å². The first-order chi connectivity index (χ1) is 9.52. The van der Waals surface area contributed by atoms with Crippen molar-refractivity contribution in [2.24, 2.45) is 0 Å². The molecule has 0 radical (unpaired) electrons. The lowest BCUT2D eigenvalue weighted by atomic mass is 10.2. The second kappa shape index (κ2) is 6.03. The number of hydrogen-bond acceptors (Lipinski definition) is 3. The third-order valence-electron chi connectivity index (χ3n) is 2.69. The maximum atomic E-state index is 12.2. The highest BCUT2D eigenvalue weighted by atomic mass is 35.5. The van der Waals surface area contributed by atoms with E-state index in [1.807, 2.05) is 0 Å². The van der Waals surface area contributed by atoms with Crippen molar-refractivity contribution < 1.29 is 9.53 Å². The quantitative estimate of drug-likeness (QED) is 0.847. The number of carbonyl (C=O) groups is 1. The molecule has 4 nitrogen and oxygen atoms in total. The van der Waals surface area contributed by atoms with Gasteiger partial charge in [0.15, 0.2) is 0 Å². The van der Waals surface area contributed by atoms with E-state index >= 15 is 0 Å². The predicted octanol–water partition coefficient (Wildman–Crippen LogP) is 3.84. The number of para-hydroxylation sites is 1. The summed E-state index contributed by atoms with van der Waals surface area (Å²) in [6.07, 6.45) is 0. The monoisotopic (exact) mass is 310 g/mol. The Morgan fingerprint density at radius 2 is 1.80 bits per heavy atom. The fraction of sp³-hybridized carbons (Fsp3) is 0.0714. The van der Waals surface area contributed by atoms with Crippen molar-refractivity contribution >= 4 is 40.5 Å². The number of anilines is 2. The van der Waals surface area contributed by atoms with Crippen LogP contribution in [0.3, 0.4) is 0 Å². The molecule has 0 unspecified atom stereocenters. The first kappa shape index (κ1) is 14.5. The molecule has 0 fully saturated rings. The molecule has 0 aliphatic carbocycles. The number of methoxy groups -OCH3 is 1. The molecule has 0 spiro atoms. The molecule has 0 aliphatic heterocycles. The van der Waals surface area contributed by atoms with E-state index in [1.54, 1.807) is 24.3 Å². The predicted molar refractivity (Wildman–Crippen MR) is 81.8 cm³/mol. The van der Waals surface area contributed by atoms with Crippen molar-refractivity contribution in [2.45, 2.75) is 0 Å². The molecule has 2 rings (SSSR count). The Labute approximate surface area is 126 Å². The molecular formula is C14H12Cl2N2O2. The molecule has 0 aliphatic rings. The summed E-state index contributed by atoms with van der Waals surface area (Å²) in [4.78, 5) is 12.2. The zero-order chi connectivity index (χ0) is 14.7. The van der Waals surface area contributed by atoms with Crippen LogP contribution in [0, 0.1) is 0 Å². The number of halogens is 2. The lowest BCUT2D eigenvalue weighted by Gasteiger charge is -2.10. The average molecular weight is 311 g/mol. The van der Waals surface area contributed by atoms with Gasteiger partial charge in [-0.3, -0.25) is 4.79 Å². The summed E-state index contributed by atoms with van der Waals surface area (Å²) in [5, 5.41) is 3.27. The van der Waals surface area contributed by atoms with E-state index < -0.39 is 0 Å². The summed E-state index contributed by atoms with van der Waals surface area (Å²) in [6.45, 7) is 0. The number of rotatable bonds is 3. The average Bonchev–Trinajstić information content (AvgIpc) is 2.44. The molecule has 0 aromatic heterocycles. The molecule has 0 heterocycles. The fourth-order valence-corrected chi connectivity index (χ4v) is 2.17. The maximum absolute atomic E-state index is 12.2. The smallest absolute Gasteiger partial charge is 0.259 e. The van der Waals surface area contributed by atoms with Crippen LogP contribution in [0.4, 0.5) is 11.4 Å². The van der Waals surface area contributed by atoms with Crippen molar-refractivity contribution in [1.29, 1.82) is 0 Å². The molecule has 0 saturated heterocycles. The molecule has 1 amide bonds. The minimum Gasteiger partial charge on any atom is -0.496 e. The summed E-state index contributed by atoms with van der Waals surface area (Å²) < 4.78 is 5.14. The van der Waals surface area contributed by atoms with Crippen molar-refractivity contribution in [3.8, 4) is 5.75 Å². The van der Waals surface area contributed by atoms with Crippen molar-refractivity contribution in [3.05, 3.63) is 52.0 Å². The van der Waals surface area contributed by atoms with Crippen LogP contribution in [0.5, 0.6) is 5.75 Å².